The summed E-state index contributed by atoms with van der Waals surface area (Å²) in [4.78, 5) is 17.3. The maximum Gasteiger partial charge on any atom is 0.418 e. The second-order valence-electron chi connectivity index (χ2n) is 10.3. The van der Waals surface area contributed by atoms with Crippen LogP contribution in [0.25, 0.3) is 0 Å². The van der Waals surface area contributed by atoms with E-state index in [4.69, 9.17) is 22.0 Å². The van der Waals surface area contributed by atoms with Crippen LogP contribution in [0, 0.1) is 11.8 Å². The van der Waals surface area contributed by atoms with E-state index in [1.54, 1.807) is 0 Å². The molecule has 3 N–H and O–H groups in total. The summed E-state index contributed by atoms with van der Waals surface area (Å²) in [7, 11) is 1.87. The van der Waals surface area contributed by atoms with Crippen LogP contribution < -0.4 is 15.4 Å². The lowest BCUT2D eigenvalue weighted by molar-refractivity contribution is -0.138. The second-order valence-corrected chi connectivity index (χ2v) is 10.8. The van der Waals surface area contributed by atoms with Crippen LogP contribution in [-0.4, -0.2) is 53.9 Å². The molecule has 38 heavy (non-hydrogen) atoms. The summed E-state index contributed by atoms with van der Waals surface area (Å²) in [5, 5.41) is 21.5. The van der Waals surface area contributed by atoms with E-state index in [9.17, 15) is 18.0 Å². The van der Waals surface area contributed by atoms with E-state index in [-0.39, 0.29) is 23.6 Å². The first-order valence-electron chi connectivity index (χ1n) is 12.9. The van der Waals surface area contributed by atoms with Gasteiger partial charge in [0.05, 0.1) is 5.56 Å². The fourth-order valence-electron chi connectivity index (χ4n) is 5.56. The van der Waals surface area contributed by atoms with Gasteiger partial charge in [-0.1, -0.05) is 11.6 Å². The lowest BCUT2D eigenvalue weighted by Gasteiger charge is -2.36. The molecule has 208 valence electrons. The summed E-state index contributed by atoms with van der Waals surface area (Å²) in [6.45, 7) is 2.61. The Labute approximate surface area is 225 Å². The monoisotopic (exact) mass is 554 g/mol. The van der Waals surface area contributed by atoms with E-state index in [1.165, 1.54) is 6.07 Å². The number of amides is 1. The van der Waals surface area contributed by atoms with Crippen LogP contribution in [-0.2, 0) is 11.0 Å². The van der Waals surface area contributed by atoms with Crippen molar-refractivity contribution in [3.05, 3.63) is 53.1 Å². The lowest BCUT2D eigenvalue weighted by Crippen LogP contribution is -2.42. The maximum absolute atomic E-state index is 13.3. The minimum absolute atomic E-state index is 0.0622. The Morgan fingerprint density at radius 2 is 1.66 bits per heavy atom. The van der Waals surface area contributed by atoms with Gasteiger partial charge in [0, 0.05) is 55.0 Å². The summed E-state index contributed by atoms with van der Waals surface area (Å²) < 4.78 is 40.0. The standard InChI is InChI=1S/C27H34ClF3N4O3/c1-33(17-18-12-14-34(15-13-18)23-9-4-20(28)5-10-23)26(36)19-2-6-21(7-3-19)32-22-8-11-25(35(37)38)24(16-22)27(29,30)31/h4-5,8-11,16,18-19,21,32,37-38H,2-3,6-7,12-15,17H2,1H3. The fraction of sp³-hybridized carbons (Fsp3) is 0.519. The molecule has 11 heteroatoms. The number of carbonyl (C=O) groups excluding carboxylic acids is 1. The highest BCUT2D eigenvalue weighted by molar-refractivity contribution is 6.30. The lowest BCUT2D eigenvalue weighted by atomic mass is 9.84. The SMILES string of the molecule is CN(CC1CCN(c2ccc(Cl)cc2)CC1)C(=O)C1CCC(Nc2ccc(N(O)O)c(C(F)(F)F)c2)CC1. The van der Waals surface area contributed by atoms with Crippen molar-refractivity contribution in [1.82, 2.24) is 4.90 Å². The third-order valence-electron chi connectivity index (χ3n) is 7.68. The molecule has 0 radical (unpaired) electrons. The maximum atomic E-state index is 13.3. The highest BCUT2D eigenvalue weighted by Crippen LogP contribution is 2.38. The highest BCUT2D eigenvalue weighted by Gasteiger charge is 2.36. The van der Waals surface area contributed by atoms with Crippen molar-refractivity contribution in [1.29, 1.82) is 0 Å². The zero-order valence-electron chi connectivity index (χ0n) is 21.3. The number of carbonyl (C=O) groups is 1. The third kappa shape index (κ3) is 7.03. The van der Waals surface area contributed by atoms with E-state index < -0.39 is 22.7 Å². The van der Waals surface area contributed by atoms with Crippen LogP contribution in [0.1, 0.15) is 44.1 Å². The molecule has 1 amide bonds. The van der Waals surface area contributed by atoms with Crippen LogP contribution in [0.3, 0.4) is 0 Å². The zero-order chi connectivity index (χ0) is 27.4. The van der Waals surface area contributed by atoms with E-state index in [2.05, 4.69) is 10.2 Å². The Balaban J connectivity index is 1.24. The van der Waals surface area contributed by atoms with Gasteiger partial charge in [-0.05, 0) is 86.9 Å². The number of hydrogen-bond acceptors (Lipinski definition) is 6. The van der Waals surface area contributed by atoms with Crippen LogP contribution in [0.15, 0.2) is 42.5 Å². The predicted molar refractivity (Wildman–Crippen MR) is 141 cm³/mol. The molecule has 2 aliphatic rings. The van der Waals surface area contributed by atoms with Crippen molar-refractivity contribution in [3.63, 3.8) is 0 Å². The molecular weight excluding hydrogens is 521 g/mol. The first-order chi connectivity index (χ1) is 18.0. The number of nitrogens with zero attached hydrogens (tertiary/aromatic N) is 3. The number of nitrogens with one attached hydrogen (secondary N) is 1. The topological polar surface area (TPSA) is 79.3 Å². The molecule has 1 saturated carbocycles. The van der Waals surface area contributed by atoms with Gasteiger partial charge >= 0.3 is 6.18 Å². The van der Waals surface area contributed by atoms with Crippen LogP contribution >= 0.6 is 11.6 Å². The molecule has 2 aromatic carbocycles. The van der Waals surface area contributed by atoms with Gasteiger partial charge in [0.15, 0.2) is 0 Å². The van der Waals surface area contributed by atoms with Crippen molar-refractivity contribution >= 4 is 34.6 Å². The quantitative estimate of drug-likeness (QED) is 0.349. The van der Waals surface area contributed by atoms with Crippen molar-refractivity contribution in [2.75, 3.05) is 42.1 Å². The van der Waals surface area contributed by atoms with Crippen LogP contribution in [0.4, 0.5) is 30.2 Å². The molecule has 2 fully saturated rings. The van der Waals surface area contributed by atoms with Crippen molar-refractivity contribution in [2.24, 2.45) is 11.8 Å². The predicted octanol–water partition coefficient (Wildman–Crippen LogP) is 6.29. The number of alkyl halides is 3. The second kappa shape index (κ2) is 12.0. The third-order valence-corrected chi connectivity index (χ3v) is 7.93. The van der Waals surface area contributed by atoms with Gasteiger partial charge in [-0.25, -0.2) is 0 Å². The van der Waals surface area contributed by atoms with Crippen molar-refractivity contribution in [3.8, 4) is 0 Å². The average molecular weight is 555 g/mol. The molecule has 1 aliphatic carbocycles. The molecule has 1 heterocycles. The van der Waals surface area contributed by atoms with E-state index in [0.717, 1.165) is 55.3 Å². The first-order valence-corrected chi connectivity index (χ1v) is 13.3. The van der Waals surface area contributed by atoms with E-state index in [0.29, 0.717) is 31.6 Å². The first kappa shape index (κ1) is 28.3. The molecule has 1 aliphatic heterocycles. The number of piperidine rings is 1. The number of benzene rings is 2. The smallest absolute Gasteiger partial charge is 0.382 e. The van der Waals surface area contributed by atoms with Gasteiger partial charge in [-0.15, -0.1) is 5.23 Å². The minimum atomic E-state index is -4.74. The number of rotatable bonds is 7. The summed E-state index contributed by atoms with van der Waals surface area (Å²) >= 11 is 5.99. The molecule has 7 nitrogen and oxygen atoms in total. The van der Waals surface area contributed by atoms with Gasteiger partial charge in [0.2, 0.25) is 5.91 Å². The minimum Gasteiger partial charge on any atom is -0.382 e. The molecular formula is C27H34ClF3N4O3. The van der Waals surface area contributed by atoms with Crippen LogP contribution in [0.5, 0.6) is 0 Å². The summed E-state index contributed by atoms with van der Waals surface area (Å²) in [6.07, 6.45) is -0.0438. The Morgan fingerprint density at radius 3 is 2.24 bits per heavy atom. The zero-order valence-corrected chi connectivity index (χ0v) is 22.0. The normalized spacial score (nSPS) is 20.8. The van der Waals surface area contributed by atoms with Crippen molar-refractivity contribution < 1.29 is 28.4 Å². The Hall–Kier alpha value is -2.69. The summed E-state index contributed by atoms with van der Waals surface area (Å²) in [5.41, 5.74) is -0.468. The molecule has 0 aromatic heterocycles. The molecule has 4 rings (SSSR count). The van der Waals surface area contributed by atoms with Gasteiger partial charge < -0.3 is 15.1 Å². The Kier molecular flexibility index (Phi) is 8.95. The Bertz CT molecular complexity index is 1080. The molecule has 2 aromatic rings. The van der Waals surface area contributed by atoms with Crippen molar-refractivity contribution in [2.45, 2.75) is 50.7 Å². The summed E-state index contributed by atoms with van der Waals surface area (Å²) in [5.74, 6) is 0.501. The number of halogens is 4. The molecule has 0 atom stereocenters. The number of anilines is 3. The molecule has 1 saturated heterocycles. The van der Waals surface area contributed by atoms with Gasteiger partial charge in [-0.2, -0.15) is 13.2 Å². The molecule has 0 bridgehead atoms. The van der Waals surface area contributed by atoms with E-state index in [1.807, 2.05) is 36.2 Å². The average Bonchev–Trinajstić information content (AvgIpc) is 2.89. The van der Waals surface area contributed by atoms with Crippen LogP contribution in [0.2, 0.25) is 5.02 Å². The number of hydrogen-bond donors (Lipinski definition) is 3. The fourth-order valence-corrected chi connectivity index (χ4v) is 5.69. The largest absolute Gasteiger partial charge is 0.418 e. The molecule has 0 spiro atoms. The summed E-state index contributed by atoms with van der Waals surface area (Å²) in [6, 6.07) is 11.1. The van der Waals surface area contributed by atoms with Gasteiger partial charge in [0.25, 0.3) is 0 Å². The Morgan fingerprint density at radius 1 is 1.03 bits per heavy atom. The highest BCUT2D eigenvalue weighted by atomic mass is 35.5. The van der Waals surface area contributed by atoms with Gasteiger partial charge in [-0.3, -0.25) is 15.2 Å². The van der Waals surface area contributed by atoms with E-state index >= 15 is 0 Å². The van der Waals surface area contributed by atoms with Gasteiger partial charge in [0.1, 0.15) is 5.69 Å². The molecule has 0 unspecified atom stereocenters.